The van der Waals surface area contributed by atoms with Crippen LogP contribution in [0.2, 0.25) is 0 Å². The number of aliphatic carboxylic acids is 1. The van der Waals surface area contributed by atoms with Gasteiger partial charge in [0.15, 0.2) is 24.6 Å². The molecule has 0 aromatic rings. The van der Waals surface area contributed by atoms with Crippen LogP contribution >= 0.6 is 0 Å². The molecule has 0 aromatic heterocycles. The monoisotopic (exact) mass is 1100 g/mol. The number of carboxylic acid groups (broad SMARTS) is 1. The molecule has 1 saturated heterocycles. The summed E-state index contributed by atoms with van der Waals surface area (Å²) in [5.74, 6) is -3.25. The first-order valence-electron chi connectivity index (χ1n) is 30.9. The smallest absolute Gasteiger partial charge is 0.335 e. The van der Waals surface area contributed by atoms with Crippen molar-refractivity contribution in [3.63, 3.8) is 0 Å². The van der Waals surface area contributed by atoms with Crippen LogP contribution in [-0.2, 0) is 42.9 Å². The molecular weight excluding hydrogens is 997 g/mol. The summed E-state index contributed by atoms with van der Waals surface area (Å²) in [5.41, 5.74) is 0. The number of hydrogen-bond donors (Lipinski definition) is 3. The predicted molar refractivity (Wildman–Crippen MR) is 321 cm³/mol. The number of carbonyl (C=O) groups excluding carboxylic acids is 3. The number of carboxylic acids is 1. The lowest BCUT2D eigenvalue weighted by molar-refractivity contribution is -0.301. The number of unbranched alkanes of at least 4 members (excludes halogenated alkanes) is 19. The lowest BCUT2D eigenvalue weighted by Crippen LogP contribution is -2.61. The number of rotatable bonds is 51. The molecule has 1 aliphatic rings. The van der Waals surface area contributed by atoms with Crippen molar-refractivity contribution in [1.29, 1.82) is 0 Å². The summed E-state index contributed by atoms with van der Waals surface area (Å²) in [6.45, 7) is 5.80. The van der Waals surface area contributed by atoms with Crippen molar-refractivity contribution in [2.45, 2.75) is 276 Å². The highest BCUT2D eigenvalue weighted by Crippen LogP contribution is 2.26. The van der Waals surface area contributed by atoms with Gasteiger partial charge in [-0.2, -0.15) is 0 Å². The van der Waals surface area contributed by atoms with Crippen LogP contribution < -0.4 is 0 Å². The molecule has 1 rings (SSSR count). The minimum atomic E-state index is -1.93. The summed E-state index contributed by atoms with van der Waals surface area (Å²) >= 11 is 0. The van der Waals surface area contributed by atoms with E-state index in [4.69, 9.17) is 23.7 Å². The van der Waals surface area contributed by atoms with Gasteiger partial charge < -0.3 is 39.0 Å². The number of aliphatic hydroxyl groups is 2. The van der Waals surface area contributed by atoms with Crippen LogP contribution in [0.3, 0.4) is 0 Å². The summed E-state index contributed by atoms with van der Waals surface area (Å²) < 4.78 is 28.3. The number of aliphatic hydroxyl groups excluding tert-OH is 2. The maximum absolute atomic E-state index is 13.1. The van der Waals surface area contributed by atoms with E-state index in [1.165, 1.54) is 70.6 Å². The van der Waals surface area contributed by atoms with Crippen molar-refractivity contribution >= 4 is 23.9 Å². The van der Waals surface area contributed by atoms with Gasteiger partial charge in [0.05, 0.1) is 6.61 Å². The van der Waals surface area contributed by atoms with E-state index in [0.29, 0.717) is 25.7 Å². The van der Waals surface area contributed by atoms with Gasteiger partial charge in [-0.3, -0.25) is 14.4 Å². The fraction of sp³-hybridized carbons (Fsp3) is 0.672. The molecule has 12 nitrogen and oxygen atoms in total. The van der Waals surface area contributed by atoms with Gasteiger partial charge in [-0.25, -0.2) is 4.79 Å². The number of carbonyl (C=O) groups is 4. The van der Waals surface area contributed by atoms with Crippen molar-refractivity contribution < 1.29 is 58.2 Å². The Morgan fingerprint density at radius 3 is 1.29 bits per heavy atom. The van der Waals surface area contributed by atoms with E-state index in [0.717, 1.165) is 103 Å². The lowest BCUT2D eigenvalue weighted by Gasteiger charge is -2.40. The first kappa shape index (κ1) is 72.4. The summed E-state index contributed by atoms with van der Waals surface area (Å²) in [4.78, 5) is 51.1. The molecule has 3 N–H and O–H groups in total. The molecule has 448 valence electrons. The van der Waals surface area contributed by atoms with Crippen molar-refractivity contribution in [2.24, 2.45) is 0 Å². The Morgan fingerprint density at radius 1 is 0.430 bits per heavy atom. The third kappa shape index (κ3) is 43.8. The highest BCUT2D eigenvalue weighted by Gasteiger charge is 2.50. The zero-order valence-corrected chi connectivity index (χ0v) is 49.3. The Kier molecular flexibility index (Phi) is 49.5. The summed E-state index contributed by atoms with van der Waals surface area (Å²) in [7, 11) is 0. The van der Waals surface area contributed by atoms with Crippen LogP contribution in [0, 0.1) is 0 Å². The van der Waals surface area contributed by atoms with Crippen molar-refractivity contribution in [3.05, 3.63) is 109 Å². The van der Waals surface area contributed by atoms with Gasteiger partial charge in [0.1, 0.15) is 18.8 Å². The molecule has 0 spiro atoms. The lowest BCUT2D eigenvalue weighted by atomic mass is 9.98. The zero-order valence-electron chi connectivity index (χ0n) is 49.3. The topological polar surface area (TPSA) is 175 Å². The van der Waals surface area contributed by atoms with Gasteiger partial charge in [-0.1, -0.05) is 233 Å². The quantitative estimate of drug-likeness (QED) is 0.0228. The molecule has 1 aliphatic heterocycles. The van der Waals surface area contributed by atoms with E-state index in [2.05, 4.69) is 112 Å². The van der Waals surface area contributed by atoms with Crippen molar-refractivity contribution in [2.75, 3.05) is 13.2 Å². The predicted octanol–water partition coefficient (Wildman–Crippen LogP) is 16.2. The fourth-order valence-corrected chi connectivity index (χ4v) is 8.64. The Balaban J connectivity index is 2.70. The second-order valence-corrected chi connectivity index (χ2v) is 20.6. The van der Waals surface area contributed by atoms with Crippen LogP contribution in [0.5, 0.6) is 0 Å². The normalized spacial score (nSPS) is 18.6. The molecule has 0 aliphatic carbocycles. The van der Waals surface area contributed by atoms with E-state index in [9.17, 15) is 34.5 Å². The van der Waals surface area contributed by atoms with Crippen LogP contribution in [0.25, 0.3) is 0 Å². The van der Waals surface area contributed by atoms with Gasteiger partial charge in [0, 0.05) is 19.3 Å². The van der Waals surface area contributed by atoms with Gasteiger partial charge in [-0.15, -0.1) is 0 Å². The van der Waals surface area contributed by atoms with Gasteiger partial charge in [0.2, 0.25) is 0 Å². The SMILES string of the molecule is CC/C=C\C/C=C\C/C=C\C/C=C\C/C=C\C/C=C\CCC(=O)OC1C(OCC(COC(=O)CCCCCCCC/C=C\C/C=C\C/C=C\CCCCC)OC(=O)CCCCCCCCCCCCC)OC(C(=O)O)C(O)C1O. The van der Waals surface area contributed by atoms with E-state index >= 15 is 0 Å². The number of hydrogen-bond acceptors (Lipinski definition) is 11. The molecule has 1 fully saturated rings. The first-order chi connectivity index (χ1) is 38.6. The number of allylic oxidation sites excluding steroid dienone is 18. The van der Waals surface area contributed by atoms with Crippen molar-refractivity contribution in [3.8, 4) is 0 Å². The molecule has 79 heavy (non-hydrogen) atoms. The largest absolute Gasteiger partial charge is 0.479 e. The minimum absolute atomic E-state index is 0.0698. The van der Waals surface area contributed by atoms with Crippen LogP contribution in [0.4, 0.5) is 0 Å². The highest BCUT2D eigenvalue weighted by atomic mass is 16.7. The zero-order chi connectivity index (χ0) is 57.5. The third-order valence-corrected chi connectivity index (χ3v) is 13.3. The maximum Gasteiger partial charge on any atom is 0.335 e. The van der Waals surface area contributed by atoms with Crippen LogP contribution in [-0.4, -0.2) is 89.2 Å². The molecule has 12 heteroatoms. The molecule has 1 heterocycles. The third-order valence-electron chi connectivity index (χ3n) is 13.3. The average molecular weight is 1110 g/mol. The second kappa shape index (κ2) is 54.0. The fourth-order valence-electron chi connectivity index (χ4n) is 8.64. The molecular formula is C67H108O12. The first-order valence-corrected chi connectivity index (χ1v) is 30.9. The summed E-state index contributed by atoms with van der Waals surface area (Å²) in [5, 5.41) is 31.5. The second-order valence-electron chi connectivity index (χ2n) is 20.6. The average Bonchev–Trinajstić information content (AvgIpc) is 3.43. The standard InChI is InChI=1S/C67H108O12/c1-4-7-10-13-16-19-22-24-26-28-30-32-34-36-39-41-44-47-50-53-59(68)75-56-58(77-60(69)54-51-48-45-42-38-21-18-15-12-9-6-3)57-76-67-65(63(72)62(71)64(79-67)66(73)74)78-61(70)55-52-49-46-43-40-37-35-33-31-29-27-25-23-20-17-14-11-8-5-2/h8,11,16-17,19-20,24-27,30-33,37,40,46,49,58,62-65,67,71-72H,4-7,9-10,12-15,18,21-23,28-29,34-36,38-39,41-45,47-48,50-57H2,1-3H3,(H,73,74)/b11-8-,19-16-,20-17-,26-24-,27-25-,32-30-,33-31-,40-37-,49-46-. The maximum atomic E-state index is 13.1. The van der Waals surface area contributed by atoms with Crippen LogP contribution in [0.15, 0.2) is 109 Å². The van der Waals surface area contributed by atoms with Gasteiger partial charge >= 0.3 is 23.9 Å². The Bertz CT molecular complexity index is 1790. The Labute approximate surface area is 478 Å². The Hall–Kier alpha value is -4.62. The molecule has 0 saturated carbocycles. The minimum Gasteiger partial charge on any atom is -0.479 e. The molecule has 6 atom stereocenters. The number of esters is 3. The van der Waals surface area contributed by atoms with E-state index in [1.54, 1.807) is 0 Å². The summed E-state index contributed by atoms with van der Waals surface area (Å²) in [6.07, 6.45) is 60.6. The summed E-state index contributed by atoms with van der Waals surface area (Å²) in [6, 6.07) is 0. The van der Waals surface area contributed by atoms with Gasteiger partial charge in [0.25, 0.3) is 0 Å². The highest BCUT2D eigenvalue weighted by molar-refractivity contribution is 5.74. The van der Waals surface area contributed by atoms with Crippen molar-refractivity contribution in [1.82, 2.24) is 0 Å². The molecule has 6 unspecified atom stereocenters. The molecule has 0 amide bonds. The van der Waals surface area contributed by atoms with E-state index in [1.807, 2.05) is 18.2 Å². The van der Waals surface area contributed by atoms with E-state index < -0.39 is 67.3 Å². The van der Waals surface area contributed by atoms with Gasteiger partial charge in [-0.05, 0) is 96.3 Å². The molecule has 0 radical (unpaired) electrons. The molecule has 0 aromatic carbocycles. The Morgan fingerprint density at radius 2 is 0.823 bits per heavy atom. The van der Waals surface area contributed by atoms with E-state index in [-0.39, 0.29) is 25.9 Å². The molecule has 0 bridgehead atoms. The van der Waals surface area contributed by atoms with Crippen LogP contribution in [0.1, 0.15) is 239 Å². The number of ether oxygens (including phenoxy) is 5.